The van der Waals surface area contributed by atoms with Crippen LogP contribution in [0.5, 0.6) is 0 Å². The number of benzene rings is 1. The number of rotatable bonds is 7. The maximum absolute atomic E-state index is 14.1. The van der Waals surface area contributed by atoms with E-state index in [2.05, 4.69) is 15.4 Å². The third-order valence-electron chi connectivity index (χ3n) is 4.44. The fourth-order valence-corrected chi connectivity index (χ4v) is 2.43. The van der Waals surface area contributed by atoms with Crippen molar-refractivity contribution in [3.05, 3.63) is 41.7 Å². The Morgan fingerprint density at radius 2 is 1.96 bits per heavy atom. The lowest BCUT2D eigenvalue weighted by Gasteiger charge is -2.26. The lowest BCUT2D eigenvalue weighted by atomic mass is 9.94. The van der Waals surface area contributed by atoms with E-state index < -0.39 is 17.3 Å². The molecule has 0 aliphatic rings. The van der Waals surface area contributed by atoms with Crippen LogP contribution in [0.4, 0.5) is 4.39 Å². The molecule has 3 N–H and O–H groups in total. The fraction of sp³-hybridized carbons (Fsp3) is 0.500. The first-order valence-electron chi connectivity index (χ1n) is 8.60. The Hall–Kier alpha value is -2.28. The Bertz CT molecular complexity index is 737. The molecule has 0 bridgehead atoms. The number of nitrogens with two attached hydrogens (primary N) is 1. The van der Waals surface area contributed by atoms with Crippen molar-refractivity contribution in [3.63, 3.8) is 0 Å². The normalized spacial score (nSPS) is 11.8. The van der Waals surface area contributed by atoms with Gasteiger partial charge in [0.25, 0.3) is 5.91 Å². The Kier molecular flexibility index (Phi) is 5.89. The molecule has 0 aliphatic heterocycles. The predicted molar refractivity (Wildman–Crippen MR) is 95.2 cm³/mol. The van der Waals surface area contributed by atoms with Gasteiger partial charge in [-0.2, -0.15) is 0 Å². The summed E-state index contributed by atoms with van der Waals surface area (Å²) in [6.07, 6.45) is 1.50. The SMILES string of the molecule is CCC(N)(CC)CNC(=O)c1nc(C(C)C)n(-c2ccccc2F)n1. The summed E-state index contributed by atoms with van der Waals surface area (Å²) in [4.78, 5) is 16.7. The van der Waals surface area contributed by atoms with Crippen LogP contribution in [0, 0.1) is 5.82 Å². The molecule has 6 nitrogen and oxygen atoms in total. The lowest BCUT2D eigenvalue weighted by molar-refractivity contribution is 0.0931. The molecule has 0 spiro atoms. The molecule has 0 atom stereocenters. The van der Waals surface area contributed by atoms with Gasteiger partial charge in [-0.1, -0.05) is 39.8 Å². The minimum Gasteiger partial charge on any atom is -0.347 e. The van der Waals surface area contributed by atoms with Crippen LogP contribution < -0.4 is 11.1 Å². The highest BCUT2D eigenvalue weighted by atomic mass is 19.1. The number of hydrogen-bond donors (Lipinski definition) is 2. The van der Waals surface area contributed by atoms with E-state index in [0.717, 1.165) is 12.8 Å². The van der Waals surface area contributed by atoms with Crippen molar-refractivity contribution < 1.29 is 9.18 Å². The number of para-hydroxylation sites is 1. The molecule has 0 unspecified atom stereocenters. The van der Waals surface area contributed by atoms with Crippen LogP contribution in [-0.4, -0.2) is 32.8 Å². The minimum atomic E-state index is -0.454. The molecule has 1 amide bonds. The van der Waals surface area contributed by atoms with Crippen molar-refractivity contribution in [2.75, 3.05) is 6.54 Å². The molecule has 0 radical (unpaired) electrons. The Balaban J connectivity index is 2.30. The van der Waals surface area contributed by atoms with E-state index in [-0.39, 0.29) is 17.4 Å². The first kappa shape index (κ1) is 19.1. The maximum atomic E-state index is 14.1. The van der Waals surface area contributed by atoms with Crippen LogP contribution in [0.15, 0.2) is 24.3 Å². The number of nitrogens with one attached hydrogen (secondary N) is 1. The molecule has 0 fully saturated rings. The zero-order valence-electron chi connectivity index (χ0n) is 15.2. The van der Waals surface area contributed by atoms with E-state index in [1.54, 1.807) is 18.2 Å². The molecule has 0 saturated heterocycles. The summed E-state index contributed by atoms with van der Waals surface area (Å²) in [5.74, 6) is -0.303. The summed E-state index contributed by atoms with van der Waals surface area (Å²) in [5.41, 5.74) is 6.02. The zero-order valence-corrected chi connectivity index (χ0v) is 15.2. The number of carbonyl (C=O) groups excluding carboxylic acids is 1. The molecule has 25 heavy (non-hydrogen) atoms. The number of hydrogen-bond acceptors (Lipinski definition) is 4. The molecular weight excluding hydrogens is 321 g/mol. The number of carbonyl (C=O) groups is 1. The van der Waals surface area contributed by atoms with E-state index >= 15 is 0 Å². The average Bonchev–Trinajstić information content (AvgIpc) is 3.05. The van der Waals surface area contributed by atoms with Crippen LogP contribution in [0.1, 0.15) is 62.9 Å². The van der Waals surface area contributed by atoms with Gasteiger partial charge in [-0.3, -0.25) is 4.79 Å². The Labute approximate surface area is 147 Å². The first-order chi connectivity index (χ1) is 11.8. The van der Waals surface area contributed by atoms with Gasteiger partial charge in [0.1, 0.15) is 17.3 Å². The summed E-state index contributed by atoms with van der Waals surface area (Å²) in [7, 11) is 0. The highest BCUT2D eigenvalue weighted by molar-refractivity contribution is 5.90. The molecule has 7 heteroatoms. The third-order valence-corrected chi connectivity index (χ3v) is 4.44. The van der Waals surface area contributed by atoms with Crippen molar-refractivity contribution in [2.45, 2.75) is 52.0 Å². The Morgan fingerprint density at radius 1 is 1.32 bits per heavy atom. The molecule has 1 aromatic carbocycles. The summed E-state index contributed by atoms with van der Waals surface area (Å²) >= 11 is 0. The van der Waals surface area contributed by atoms with Crippen molar-refractivity contribution >= 4 is 5.91 Å². The standard InChI is InChI=1S/C18H26FN5O/c1-5-18(20,6-2)11-21-17(25)15-22-16(12(3)4)24(23-15)14-10-8-7-9-13(14)19/h7-10,12H,5-6,11,20H2,1-4H3,(H,21,25). The van der Waals surface area contributed by atoms with Gasteiger partial charge in [-0.15, -0.1) is 5.10 Å². The maximum Gasteiger partial charge on any atom is 0.291 e. The van der Waals surface area contributed by atoms with Gasteiger partial charge in [-0.05, 0) is 25.0 Å². The second-order valence-corrected chi connectivity index (χ2v) is 6.56. The summed E-state index contributed by atoms with van der Waals surface area (Å²) < 4.78 is 15.5. The minimum absolute atomic E-state index is 0.0153. The molecule has 1 aromatic heterocycles. The van der Waals surface area contributed by atoms with Gasteiger partial charge in [0, 0.05) is 18.0 Å². The van der Waals surface area contributed by atoms with E-state index in [9.17, 15) is 9.18 Å². The monoisotopic (exact) mass is 347 g/mol. The van der Waals surface area contributed by atoms with Gasteiger partial charge in [0.2, 0.25) is 5.82 Å². The summed E-state index contributed by atoms with van der Waals surface area (Å²) in [6, 6.07) is 6.28. The molecule has 1 heterocycles. The summed E-state index contributed by atoms with van der Waals surface area (Å²) in [5, 5.41) is 7.02. The van der Waals surface area contributed by atoms with E-state index in [0.29, 0.717) is 12.4 Å². The molecule has 0 aliphatic carbocycles. The topological polar surface area (TPSA) is 85.8 Å². The zero-order chi connectivity index (χ0) is 18.6. The predicted octanol–water partition coefficient (Wildman–Crippen LogP) is 2.78. The highest BCUT2D eigenvalue weighted by Crippen LogP contribution is 2.19. The van der Waals surface area contributed by atoms with Crippen molar-refractivity contribution in [1.82, 2.24) is 20.1 Å². The molecule has 2 rings (SSSR count). The molecule has 2 aromatic rings. The Morgan fingerprint density at radius 3 is 2.52 bits per heavy atom. The number of aromatic nitrogens is 3. The lowest BCUT2D eigenvalue weighted by Crippen LogP contribution is -2.49. The highest BCUT2D eigenvalue weighted by Gasteiger charge is 2.24. The second kappa shape index (κ2) is 7.74. The number of halogens is 1. The van der Waals surface area contributed by atoms with Crippen molar-refractivity contribution in [1.29, 1.82) is 0 Å². The second-order valence-electron chi connectivity index (χ2n) is 6.56. The number of amides is 1. The van der Waals surface area contributed by atoms with Crippen LogP contribution >= 0.6 is 0 Å². The van der Waals surface area contributed by atoms with Crippen molar-refractivity contribution in [2.24, 2.45) is 5.73 Å². The van der Waals surface area contributed by atoms with Gasteiger partial charge in [0.15, 0.2) is 0 Å². The van der Waals surface area contributed by atoms with E-state index in [4.69, 9.17) is 5.73 Å². The van der Waals surface area contributed by atoms with Crippen LogP contribution in [-0.2, 0) is 0 Å². The molecule has 0 saturated carbocycles. The first-order valence-corrected chi connectivity index (χ1v) is 8.60. The van der Waals surface area contributed by atoms with Gasteiger partial charge in [-0.25, -0.2) is 14.1 Å². The number of nitrogens with zero attached hydrogens (tertiary/aromatic N) is 3. The van der Waals surface area contributed by atoms with Gasteiger partial charge >= 0.3 is 0 Å². The van der Waals surface area contributed by atoms with Crippen LogP contribution in [0.2, 0.25) is 0 Å². The van der Waals surface area contributed by atoms with E-state index in [1.165, 1.54) is 10.7 Å². The average molecular weight is 347 g/mol. The van der Waals surface area contributed by atoms with Gasteiger partial charge < -0.3 is 11.1 Å². The van der Waals surface area contributed by atoms with E-state index in [1.807, 2.05) is 27.7 Å². The smallest absolute Gasteiger partial charge is 0.291 e. The quantitative estimate of drug-likeness (QED) is 0.806. The largest absolute Gasteiger partial charge is 0.347 e. The summed E-state index contributed by atoms with van der Waals surface area (Å²) in [6.45, 7) is 8.14. The van der Waals surface area contributed by atoms with Gasteiger partial charge in [0.05, 0.1) is 0 Å². The third kappa shape index (κ3) is 4.22. The molecule has 136 valence electrons. The molecular formula is C18H26FN5O. The fourth-order valence-electron chi connectivity index (χ4n) is 2.43. The van der Waals surface area contributed by atoms with Crippen molar-refractivity contribution in [3.8, 4) is 5.69 Å². The van der Waals surface area contributed by atoms with Crippen LogP contribution in [0.25, 0.3) is 5.69 Å². The van der Waals surface area contributed by atoms with Crippen LogP contribution in [0.3, 0.4) is 0 Å².